The van der Waals surface area contributed by atoms with Gasteiger partial charge in [0.1, 0.15) is 12.4 Å². The molecule has 1 aromatic rings. The zero-order valence-corrected chi connectivity index (χ0v) is 9.23. The number of nitrogens with one attached hydrogen (secondary N) is 1. The Balaban J connectivity index is 2.40. The maximum atomic E-state index is 11.3. The third-order valence-electron chi connectivity index (χ3n) is 1.84. The Bertz CT molecular complexity index is 346. The lowest BCUT2D eigenvalue weighted by Crippen LogP contribution is -2.18. The first kappa shape index (κ1) is 12.3. The topological polar surface area (TPSA) is 47.6 Å². The molecule has 0 saturated carbocycles. The standard InChI is InChI=1S/C12H15NO3/c1-3-8-16-9-12(14)13-10-4-6-11(15-2)7-5-10/h3-7H,1,8-9H2,2H3,(H,13,14). The number of carbonyl (C=O) groups excluding carboxylic acids is 1. The second-order valence-electron chi connectivity index (χ2n) is 3.08. The summed E-state index contributed by atoms with van der Waals surface area (Å²) in [6, 6.07) is 7.09. The van der Waals surface area contributed by atoms with Gasteiger partial charge >= 0.3 is 0 Å². The van der Waals surface area contributed by atoms with Crippen molar-refractivity contribution in [2.45, 2.75) is 0 Å². The lowest BCUT2D eigenvalue weighted by atomic mass is 10.3. The Kier molecular flexibility index (Phi) is 5.08. The van der Waals surface area contributed by atoms with E-state index < -0.39 is 0 Å². The lowest BCUT2D eigenvalue weighted by Gasteiger charge is -2.06. The summed E-state index contributed by atoms with van der Waals surface area (Å²) in [5, 5.41) is 2.70. The molecule has 1 aromatic carbocycles. The van der Waals surface area contributed by atoms with Crippen LogP contribution < -0.4 is 10.1 Å². The summed E-state index contributed by atoms with van der Waals surface area (Å²) < 4.78 is 10.0. The van der Waals surface area contributed by atoms with Gasteiger partial charge in [0.2, 0.25) is 5.91 Å². The largest absolute Gasteiger partial charge is 0.497 e. The first-order valence-corrected chi connectivity index (χ1v) is 4.89. The van der Waals surface area contributed by atoms with Crippen LogP contribution in [0, 0.1) is 0 Å². The second-order valence-corrected chi connectivity index (χ2v) is 3.08. The Morgan fingerprint density at radius 1 is 1.44 bits per heavy atom. The van der Waals surface area contributed by atoms with Crippen molar-refractivity contribution >= 4 is 11.6 Å². The summed E-state index contributed by atoms with van der Waals surface area (Å²) >= 11 is 0. The molecule has 0 aliphatic heterocycles. The molecule has 0 heterocycles. The van der Waals surface area contributed by atoms with E-state index in [1.54, 1.807) is 37.5 Å². The summed E-state index contributed by atoms with van der Waals surface area (Å²) in [4.78, 5) is 11.3. The first-order valence-electron chi connectivity index (χ1n) is 4.89. The molecule has 1 amide bonds. The van der Waals surface area contributed by atoms with E-state index in [0.29, 0.717) is 12.3 Å². The molecule has 0 aliphatic carbocycles. The minimum absolute atomic E-state index is 0.0258. The lowest BCUT2D eigenvalue weighted by molar-refractivity contribution is -0.120. The van der Waals surface area contributed by atoms with E-state index in [2.05, 4.69) is 11.9 Å². The number of amides is 1. The van der Waals surface area contributed by atoms with E-state index in [0.717, 1.165) is 5.75 Å². The predicted octanol–water partition coefficient (Wildman–Crippen LogP) is 1.84. The summed E-state index contributed by atoms with van der Waals surface area (Å²) in [7, 11) is 1.59. The van der Waals surface area contributed by atoms with Crippen LogP contribution in [0.3, 0.4) is 0 Å². The third-order valence-corrected chi connectivity index (χ3v) is 1.84. The minimum atomic E-state index is -0.188. The van der Waals surface area contributed by atoms with Crippen molar-refractivity contribution in [3.63, 3.8) is 0 Å². The van der Waals surface area contributed by atoms with Crippen LogP contribution in [0.1, 0.15) is 0 Å². The maximum Gasteiger partial charge on any atom is 0.250 e. The van der Waals surface area contributed by atoms with Crippen LogP contribution in [0.25, 0.3) is 0 Å². The minimum Gasteiger partial charge on any atom is -0.497 e. The summed E-state index contributed by atoms with van der Waals surface area (Å²) in [5.41, 5.74) is 0.716. The van der Waals surface area contributed by atoms with Crippen LogP contribution >= 0.6 is 0 Å². The molecule has 1 N–H and O–H groups in total. The predicted molar refractivity (Wildman–Crippen MR) is 62.6 cm³/mol. The third kappa shape index (κ3) is 4.14. The SMILES string of the molecule is C=CCOCC(=O)Nc1ccc(OC)cc1. The molecule has 86 valence electrons. The van der Waals surface area contributed by atoms with Gasteiger partial charge in [-0.05, 0) is 24.3 Å². The van der Waals surface area contributed by atoms with Crippen molar-refractivity contribution in [3.8, 4) is 5.75 Å². The summed E-state index contributed by atoms with van der Waals surface area (Å²) in [5.74, 6) is 0.563. The van der Waals surface area contributed by atoms with Gasteiger partial charge in [-0.1, -0.05) is 6.08 Å². The maximum absolute atomic E-state index is 11.3. The molecular formula is C12H15NO3. The number of anilines is 1. The van der Waals surface area contributed by atoms with Gasteiger partial charge in [-0.3, -0.25) is 4.79 Å². The van der Waals surface area contributed by atoms with Gasteiger partial charge in [-0.25, -0.2) is 0 Å². The molecule has 0 bridgehead atoms. The van der Waals surface area contributed by atoms with Crippen molar-refractivity contribution in [1.82, 2.24) is 0 Å². The van der Waals surface area contributed by atoms with Gasteiger partial charge in [0.25, 0.3) is 0 Å². The average molecular weight is 221 g/mol. The van der Waals surface area contributed by atoms with Gasteiger partial charge < -0.3 is 14.8 Å². The number of ether oxygens (including phenoxy) is 2. The monoisotopic (exact) mass is 221 g/mol. The molecule has 0 radical (unpaired) electrons. The highest BCUT2D eigenvalue weighted by atomic mass is 16.5. The molecule has 1 rings (SSSR count). The molecule has 4 heteroatoms. The van der Waals surface area contributed by atoms with Crippen molar-refractivity contribution in [2.75, 3.05) is 25.6 Å². The summed E-state index contributed by atoms with van der Waals surface area (Å²) in [6.07, 6.45) is 1.60. The summed E-state index contributed by atoms with van der Waals surface area (Å²) in [6.45, 7) is 3.89. The van der Waals surface area contributed by atoms with Crippen molar-refractivity contribution < 1.29 is 14.3 Å². The molecule has 0 unspecified atom stereocenters. The number of rotatable bonds is 6. The molecule has 0 aromatic heterocycles. The molecular weight excluding hydrogens is 206 g/mol. The van der Waals surface area contributed by atoms with Crippen molar-refractivity contribution in [2.24, 2.45) is 0 Å². The van der Waals surface area contributed by atoms with E-state index in [-0.39, 0.29) is 12.5 Å². The Morgan fingerprint density at radius 3 is 2.69 bits per heavy atom. The van der Waals surface area contributed by atoms with E-state index in [1.165, 1.54) is 0 Å². The zero-order chi connectivity index (χ0) is 11.8. The van der Waals surface area contributed by atoms with E-state index in [1.807, 2.05) is 0 Å². The highest BCUT2D eigenvalue weighted by molar-refractivity contribution is 5.91. The van der Waals surface area contributed by atoms with Crippen LogP contribution in [0.5, 0.6) is 5.75 Å². The highest BCUT2D eigenvalue weighted by Gasteiger charge is 2.01. The smallest absolute Gasteiger partial charge is 0.250 e. The number of carbonyl (C=O) groups is 1. The molecule has 0 spiro atoms. The number of methoxy groups -OCH3 is 1. The van der Waals surface area contributed by atoms with Gasteiger partial charge in [-0.15, -0.1) is 6.58 Å². The highest BCUT2D eigenvalue weighted by Crippen LogP contribution is 2.14. The Morgan fingerprint density at radius 2 is 2.12 bits per heavy atom. The van der Waals surface area contributed by atoms with E-state index in [4.69, 9.17) is 9.47 Å². The fraction of sp³-hybridized carbons (Fsp3) is 0.250. The normalized spacial score (nSPS) is 9.56. The zero-order valence-electron chi connectivity index (χ0n) is 9.23. The first-order chi connectivity index (χ1) is 7.76. The molecule has 16 heavy (non-hydrogen) atoms. The number of hydrogen-bond donors (Lipinski definition) is 1. The molecule has 4 nitrogen and oxygen atoms in total. The number of benzene rings is 1. The quantitative estimate of drug-likeness (QED) is 0.589. The van der Waals surface area contributed by atoms with Gasteiger partial charge in [-0.2, -0.15) is 0 Å². The molecule has 0 fully saturated rings. The van der Waals surface area contributed by atoms with Gasteiger partial charge in [0, 0.05) is 5.69 Å². The molecule has 0 atom stereocenters. The van der Waals surface area contributed by atoms with E-state index in [9.17, 15) is 4.79 Å². The Labute approximate surface area is 94.9 Å². The van der Waals surface area contributed by atoms with Gasteiger partial charge in [0.15, 0.2) is 0 Å². The van der Waals surface area contributed by atoms with Crippen LogP contribution in [0.15, 0.2) is 36.9 Å². The molecule has 0 aliphatic rings. The fourth-order valence-electron chi connectivity index (χ4n) is 1.11. The van der Waals surface area contributed by atoms with Crippen LogP contribution in [-0.4, -0.2) is 26.2 Å². The Hall–Kier alpha value is -1.81. The number of hydrogen-bond acceptors (Lipinski definition) is 3. The van der Waals surface area contributed by atoms with Crippen LogP contribution in [0.4, 0.5) is 5.69 Å². The van der Waals surface area contributed by atoms with Crippen molar-refractivity contribution in [3.05, 3.63) is 36.9 Å². The van der Waals surface area contributed by atoms with Crippen LogP contribution in [-0.2, 0) is 9.53 Å². The fourth-order valence-corrected chi connectivity index (χ4v) is 1.11. The molecule has 0 saturated heterocycles. The average Bonchev–Trinajstić information content (AvgIpc) is 2.30. The van der Waals surface area contributed by atoms with Gasteiger partial charge in [0.05, 0.1) is 13.7 Å². The van der Waals surface area contributed by atoms with Crippen molar-refractivity contribution in [1.29, 1.82) is 0 Å². The van der Waals surface area contributed by atoms with E-state index >= 15 is 0 Å². The second kappa shape index (κ2) is 6.63. The van der Waals surface area contributed by atoms with Crippen LogP contribution in [0.2, 0.25) is 0 Å².